The van der Waals surface area contributed by atoms with Gasteiger partial charge in [0.25, 0.3) is 5.56 Å². The number of benzene rings is 2. The zero-order valence-electron chi connectivity index (χ0n) is 17.0. The van der Waals surface area contributed by atoms with Crippen LogP contribution in [0.15, 0.2) is 74.2 Å². The molecule has 0 fully saturated rings. The van der Waals surface area contributed by atoms with Gasteiger partial charge in [-0.15, -0.1) is 0 Å². The van der Waals surface area contributed by atoms with Crippen LogP contribution in [0.2, 0.25) is 0 Å². The van der Waals surface area contributed by atoms with Crippen LogP contribution in [-0.2, 0) is 10.5 Å². The normalized spacial score (nSPS) is 17.6. The van der Waals surface area contributed by atoms with E-state index < -0.39 is 5.92 Å². The van der Waals surface area contributed by atoms with Crippen LogP contribution < -0.4 is 10.9 Å². The highest BCUT2D eigenvalue weighted by atomic mass is 79.9. The van der Waals surface area contributed by atoms with Crippen LogP contribution in [0.4, 0.5) is 10.2 Å². The van der Waals surface area contributed by atoms with E-state index in [4.69, 9.17) is 0 Å². The summed E-state index contributed by atoms with van der Waals surface area (Å²) in [6.45, 7) is 0. The second-order valence-corrected chi connectivity index (χ2v) is 9.68. The van der Waals surface area contributed by atoms with Gasteiger partial charge in [0.15, 0.2) is 10.9 Å². The summed E-state index contributed by atoms with van der Waals surface area (Å²) in [6, 6.07) is 14.2. The van der Waals surface area contributed by atoms with Gasteiger partial charge in [-0.1, -0.05) is 58.0 Å². The second-order valence-electron chi connectivity index (χ2n) is 7.80. The fourth-order valence-electron chi connectivity index (χ4n) is 4.29. The summed E-state index contributed by atoms with van der Waals surface area (Å²) in [6.07, 6.45) is 1.97. The standard InChI is InChI=1S/C24H19BrFN3O2S/c25-15-7-3-6-13(11-15)19-20-17(9-4-10-18(20)30)27-22-21(19)23(31)29-24(28-22)32-12-14-5-1-2-8-16(14)26/h1-3,5-8,11,19H,4,9-10,12H2,(H2,27,28,29,31)/t19-/m0/s1. The lowest BCUT2D eigenvalue weighted by molar-refractivity contribution is -0.116. The monoisotopic (exact) mass is 511 g/mol. The SMILES string of the molecule is O=C1CCCC2=C1[C@H](c1cccc(Br)c1)c1c(nc(SCc3ccccc3F)[nH]c1=O)N2. The molecule has 0 unspecified atom stereocenters. The zero-order chi connectivity index (χ0) is 22.2. The van der Waals surface area contributed by atoms with Crippen molar-refractivity contribution in [3.63, 3.8) is 0 Å². The molecule has 2 aromatic carbocycles. The number of fused-ring (bicyclic) bond motifs is 1. The number of aromatic amines is 1. The first-order valence-electron chi connectivity index (χ1n) is 10.3. The van der Waals surface area contributed by atoms with Crippen molar-refractivity contribution in [3.8, 4) is 0 Å². The van der Waals surface area contributed by atoms with Crippen molar-refractivity contribution >= 4 is 39.3 Å². The fourth-order valence-corrected chi connectivity index (χ4v) is 5.55. The number of aromatic nitrogens is 2. The van der Waals surface area contributed by atoms with Crippen molar-refractivity contribution in [1.29, 1.82) is 0 Å². The Bertz CT molecular complexity index is 1320. The number of halogens is 2. The summed E-state index contributed by atoms with van der Waals surface area (Å²) >= 11 is 4.77. The lowest BCUT2D eigenvalue weighted by Gasteiger charge is -2.32. The van der Waals surface area contributed by atoms with E-state index in [0.717, 1.165) is 28.6 Å². The summed E-state index contributed by atoms with van der Waals surface area (Å²) in [5.41, 5.74) is 3.04. The van der Waals surface area contributed by atoms with Crippen LogP contribution >= 0.6 is 27.7 Å². The van der Waals surface area contributed by atoms with Crippen molar-refractivity contribution in [2.24, 2.45) is 0 Å². The summed E-state index contributed by atoms with van der Waals surface area (Å²) < 4.78 is 14.9. The van der Waals surface area contributed by atoms with Crippen LogP contribution in [0, 0.1) is 5.82 Å². The Morgan fingerprint density at radius 3 is 2.78 bits per heavy atom. The minimum atomic E-state index is -0.478. The van der Waals surface area contributed by atoms with Gasteiger partial charge in [-0.3, -0.25) is 9.59 Å². The number of thioether (sulfide) groups is 1. The van der Waals surface area contributed by atoms with Gasteiger partial charge in [-0.2, -0.15) is 0 Å². The number of allylic oxidation sites excluding steroid dienone is 2. The number of hydrogen-bond donors (Lipinski definition) is 2. The summed E-state index contributed by atoms with van der Waals surface area (Å²) in [5.74, 6) is 0.0997. The number of rotatable bonds is 4. The highest BCUT2D eigenvalue weighted by molar-refractivity contribution is 9.10. The van der Waals surface area contributed by atoms with E-state index in [1.807, 2.05) is 24.3 Å². The number of nitrogens with one attached hydrogen (secondary N) is 2. The molecule has 5 rings (SSSR count). The predicted octanol–water partition coefficient (Wildman–Crippen LogP) is 5.53. The summed E-state index contributed by atoms with van der Waals surface area (Å²) in [7, 11) is 0. The number of nitrogens with zero attached hydrogens (tertiary/aromatic N) is 1. The minimum Gasteiger partial charge on any atom is -0.343 e. The largest absolute Gasteiger partial charge is 0.343 e. The molecule has 5 nitrogen and oxygen atoms in total. The maximum Gasteiger partial charge on any atom is 0.257 e. The Balaban J connectivity index is 1.57. The van der Waals surface area contributed by atoms with Gasteiger partial charge < -0.3 is 10.3 Å². The number of Topliss-reactive ketones (excluding diaryl/α,β-unsaturated/α-hetero) is 1. The van der Waals surface area contributed by atoms with Gasteiger partial charge in [-0.25, -0.2) is 9.37 Å². The molecule has 3 aromatic rings. The van der Waals surface area contributed by atoms with Crippen molar-refractivity contribution in [1.82, 2.24) is 9.97 Å². The van der Waals surface area contributed by atoms with Gasteiger partial charge in [0, 0.05) is 33.8 Å². The molecule has 0 bridgehead atoms. The smallest absolute Gasteiger partial charge is 0.257 e. The van der Waals surface area contributed by atoms with E-state index in [-0.39, 0.29) is 17.2 Å². The molecule has 1 aromatic heterocycles. The maximum atomic E-state index is 14.0. The van der Waals surface area contributed by atoms with Crippen molar-refractivity contribution in [2.75, 3.05) is 5.32 Å². The number of anilines is 1. The fraction of sp³-hybridized carbons (Fsp3) is 0.208. The molecule has 1 atom stereocenters. The molecule has 32 heavy (non-hydrogen) atoms. The molecule has 0 saturated carbocycles. The van der Waals surface area contributed by atoms with Crippen molar-refractivity contribution < 1.29 is 9.18 Å². The van der Waals surface area contributed by atoms with Gasteiger partial charge in [0.1, 0.15) is 11.6 Å². The van der Waals surface area contributed by atoms with Crippen molar-refractivity contribution in [2.45, 2.75) is 36.1 Å². The highest BCUT2D eigenvalue weighted by Gasteiger charge is 2.37. The van der Waals surface area contributed by atoms with E-state index in [9.17, 15) is 14.0 Å². The maximum absolute atomic E-state index is 14.0. The number of ketones is 1. The van der Waals surface area contributed by atoms with Gasteiger partial charge in [0.05, 0.1) is 5.56 Å². The lowest BCUT2D eigenvalue weighted by Crippen LogP contribution is -2.32. The Morgan fingerprint density at radius 1 is 1.12 bits per heavy atom. The quantitative estimate of drug-likeness (QED) is 0.355. The Kier molecular flexibility index (Phi) is 5.73. The zero-order valence-corrected chi connectivity index (χ0v) is 19.4. The average Bonchev–Trinajstić information content (AvgIpc) is 2.77. The third-order valence-corrected chi connectivity index (χ3v) is 7.16. The van der Waals surface area contributed by atoms with E-state index in [1.54, 1.807) is 18.2 Å². The molecule has 8 heteroatoms. The summed E-state index contributed by atoms with van der Waals surface area (Å²) in [4.78, 5) is 33.6. The van der Waals surface area contributed by atoms with Crippen LogP contribution in [0.5, 0.6) is 0 Å². The van der Waals surface area contributed by atoms with Gasteiger partial charge in [-0.05, 0) is 42.2 Å². The first-order valence-corrected chi connectivity index (χ1v) is 12.1. The van der Waals surface area contributed by atoms with Crippen LogP contribution in [0.1, 0.15) is 41.9 Å². The first-order chi connectivity index (χ1) is 15.5. The topological polar surface area (TPSA) is 74.8 Å². The number of hydrogen-bond acceptors (Lipinski definition) is 5. The lowest BCUT2D eigenvalue weighted by atomic mass is 9.76. The van der Waals surface area contributed by atoms with E-state index in [0.29, 0.717) is 39.8 Å². The van der Waals surface area contributed by atoms with E-state index >= 15 is 0 Å². The van der Waals surface area contributed by atoms with Crippen LogP contribution in [0.25, 0.3) is 0 Å². The molecular formula is C24H19BrFN3O2S. The number of carbonyl (C=O) groups is 1. The number of H-pyrrole nitrogens is 1. The van der Waals surface area contributed by atoms with Crippen LogP contribution in [0.3, 0.4) is 0 Å². The average molecular weight is 512 g/mol. The van der Waals surface area contributed by atoms with E-state index in [1.165, 1.54) is 17.8 Å². The first kappa shape index (κ1) is 21.2. The molecular weight excluding hydrogens is 493 g/mol. The predicted molar refractivity (Wildman–Crippen MR) is 126 cm³/mol. The summed E-state index contributed by atoms with van der Waals surface area (Å²) in [5, 5.41) is 3.67. The molecule has 1 aliphatic heterocycles. The van der Waals surface area contributed by atoms with Crippen molar-refractivity contribution in [3.05, 3.63) is 97.1 Å². The Hall–Kier alpha value is -2.71. The molecule has 0 saturated heterocycles. The third kappa shape index (κ3) is 3.93. The molecule has 2 aliphatic rings. The Labute approximate surface area is 196 Å². The molecule has 0 radical (unpaired) electrons. The molecule has 162 valence electrons. The molecule has 2 N–H and O–H groups in total. The highest BCUT2D eigenvalue weighted by Crippen LogP contribution is 2.43. The van der Waals surface area contributed by atoms with Gasteiger partial charge in [0.2, 0.25) is 0 Å². The molecule has 0 amide bonds. The molecule has 2 heterocycles. The van der Waals surface area contributed by atoms with E-state index in [2.05, 4.69) is 31.2 Å². The minimum absolute atomic E-state index is 0.0618. The Morgan fingerprint density at radius 2 is 1.97 bits per heavy atom. The van der Waals surface area contributed by atoms with Crippen LogP contribution in [-0.4, -0.2) is 15.8 Å². The molecule has 1 aliphatic carbocycles. The van der Waals surface area contributed by atoms with Gasteiger partial charge >= 0.3 is 0 Å². The third-order valence-electron chi connectivity index (χ3n) is 5.74. The second kappa shape index (κ2) is 8.67. The number of carbonyl (C=O) groups excluding carboxylic acids is 1. The molecule has 0 spiro atoms.